The van der Waals surface area contributed by atoms with Crippen LogP contribution in [0.3, 0.4) is 0 Å². The Morgan fingerprint density at radius 3 is 2.32 bits per heavy atom. The van der Waals surface area contributed by atoms with Gasteiger partial charge in [-0.1, -0.05) is 12.1 Å². The predicted octanol–water partition coefficient (Wildman–Crippen LogP) is 4.18. The maximum atomic E-state index is 13.8. The van der Waals surface area contributed by atoms with E-state index >= 15 is 0 Å². The summed E-state index contributed by atoms with van der Waals surface area (Å²) in [6.45, 7) is 0.896. The van der Waals surface area contributed by atoms with Gasteiger partial charge in [0.2, 0.25) is 10.0 Å². The first kappa shape index (κ1) is 23.4. The Hall–Kier alpha value is -2.24. The molecule has 0 aromatic heterocycles. The molecule has 0 amide bonds. The van der Waals surface area contributed by atoms with E-state index in [2.05, 4.69) is 9.46 Å². The first-order valence-corrected chi connectivity index (χ1v) is 11.0. The second-order valence-electron chi connectivity index (χ2n) is 7.24. The summed E-state index contributed by atoms with van der Waals surface area (Å²) in [6.07, 6.45) is -4.84. The van der Waals surface area contributed by atoms with Gasteiger partial charge in [0.05, 0.1) is 10.9 Å². The Kier molecular flexibility index (Phi) is 7.17. The summed E-state index contributed by atoms with van der Waals surface area (Å²) in [7, 11) is -4.14. The van der Waals surface area contributed by atoms with Crippen molar-refractivity contribution in [3.63, 3.8) is 0 Å². The van der Waals surface area contributed by atoms with E-state index in [-0.39, 0.29) is 18.0 Å². The van der Waals surface area contributed by atoms with E-state index in [1.807, 2.05) is 0 Å². The van der Waals surface area contributed by atoms with Crippen molar-refractivity contribution in [1.82, 2.24) is 9.62 Å². The van der Waals surface area contributed by atoms with Crippen molar-refractivity contribution in [2.75, 3.05) is 19.6 Å². The van der Waals surface area contributed by atoms with Gasteiger partial charge in [-0.15, -0.1) is 13.2 Å². The molecule has 0 aliphatic carbocycles. The van der Waals surface area contributed by atoms with Crippen molar-refractivity contribution in [2.45, 2.75) is 36.3 Å². The molecule has 2 atom stereocenters. The molecule has 1 saturated heterocycles. The number of benzene rings is 2. The number of rotatable bonds is 7. The summed E-state index contributed by atoms with van der Waals surface area (Å²) in [5.41, 5.74) is 0.475. The molecule has 1 fully saturated rings. The van der Waals surface area contributed by atoms with Gasteiger partial charge in [-0.3, -0.25) is 4.90 Å². The highest BCUT2D eigenvalue weighted by atomic mass is 32.2. The zero-order valence-corrected chi connectivity index (χ0v) is 17.1. The zero-order chi connectivity index (χ0) is 22.6. The zero-order valence-electron chi connectivity index (χ0n) is 16.3. The standard InChI is InChI=1S/C20H21F5N2O3S/c21-15-5-3-14(4-6-15)19(13-27-11-1-2-16(22)12-27)26-31(28,29)18-9-7-17(8-10-18)30-20(23,24)25/h3-10,16,19,26H,1-2,11-13H2. The minimum absolute atomic E-state index is 0.153. The average Bonchev–Trinajstić information content (AvgIpc) is 2.67. The van der Waals surface area contributed by atoms with Crippen LogP contribution < -0.4 is 9.46 Å². The van der Waals surface area contributed by atoms with Crippen LogP contribution in [0.1, 0.15) is 24.4 Å². The fourth-order valence-corrected chi connectivity index (χ4v) is 4.62. The summed E-state index contributed by atoms with van der Waals surface area (Å²) >= 11 is 0. The molecule has 0 spiro atoms. The number of ether oxygens (including phenoxy) is 1. The summed E-state index contributed by atoms with van der Waals surface area (Å²) in [6, 6.07) is 8.19. The van der Waals surface area contributed by atoms with Gasteiger partial charge >= 0.3 is 6.36 Å². The van der Waals surface area contributed by atoms with Crippen LogP contribution in [0.2, 0.25) is 0 Å². The minimum Gasteiger partial charge on any atom is -0.406 e. The Balaban J connectivity index is 1.80. The molecule has 11 heteroatoms. The first-order valence-electron chi connectivity index (χ1n) is 9.52. The fraction of sp³-hybridized carbons (Fsp3) is 0.400. The van der Waals surface area contributed by atoms with Crippen LogP contribution in [0.4, 0.5) is 22.0 Å². The molecular weight excluding hydrogens is 443 g/mol. The lowest BCUT2D eigenvalue weighted by molar-refractivity contribution is -0.274. The maximum Gasteiger partial charge on any atom is 0.573 e. The van der Waals surface area contributed by atoms with Crippen molar-refractivity contribution >= 4 is 10.0 Å². The highest BCUT2D eigenvalue weighted by molar-refractivity contribution is 7.89. The van der Waals surface area contributed by atoms with Crippen molar-refractivity contribution in [1.29, 1.82) is 0 Å². The number of alkyl halides is 4. The Bertz CT molecular complexity index is 966. The van der Waals surface area contributed by atoms with E-state index < -0.39 is 40.2 Å². The van der Waals surface area contributed by atoms with Crippen LogP contribution in [-0.2, 0) is 10.0 Å². The highest BCUT2D eigenvalue weighted by Crippen LogP contribution is 2.26. The third-order valence-corrected chi connectivity index (χ3v) is 6.31. The first-order chi connectivity index (χ1) is 14.5. The lowest BCUT2D eigenvalue weighted by Crippen LogP contribution is -2.43. The topological polar surface area (TPSA) is 58.6 Å². The molecule has 1 aliphatic rings. The van der Waals surface area contributed by atoms with Crippen LogP contribution >= 0.6 is 0 Å². The van der Waals surface area contributed by atoms with Gasteiger partial charge < -0.3 is 4.74 Å². The van der Waals surface area contributed by atoms with Gasteiger partial charge in [0, 0.05) is 13.1 Å². The van der Waals surface area contributed by atoms with E-state index in [0.717, 1.165) is 24.3 Å². The third kappa shape index (κ3) is 6.88. The molecule has 2 aromatic carbocycles. The lowest BCUT2D eigenvalue weighted by Gasteiger charge is -2.32. The van der Waals surface area contributed by atoms with Crippen molar-refractivity contribution in [3.05, 3.63) is 59.9 Å². The molecule has 1 heterocycles. The van der Waals surface area contributed by atoms with E-state index in [1.165, 1.54) is 24.3 Å². The molecule has 0 saturated carbocycles. The molecule has 31 heavy (non-hydrogen) atoms. The molecule has 5 nitrogen and oxygen atoms in total. The smallest absolute Gasteiger partial charge is 0.406 e. The Labute approximate surface area is 176 Å². The maximum absolute atomic E-state index is 13.8. The normalized spacial score (nSPS) is 19.2. The van der Waals surface area contributed by atoms with Gasteiger partial charge in [-0.05, 0) is 61.3 Å². The number of sulfonamides is 1. The Morgan fingerprint density at radius 2 is 1.74 bits per heavy atom. The van der Waals surface area contributed by atoms with Crippen molar-refractivity contribution in [3.8, 4) is 5.75 Å². The summed E-state index contributed by atoms with van der Waals surface area (Å²) in [4.78, 5) is 1.52. The van der Waals surface area contributed by atoms with Gasteiger partial charge in [0.25, 0.3) is 0 Å². The quantitative estimate of drug-likeness (QED) is 0.625. The second-order valence-corrected chi connectivity index (χ2v) is 8.96. The second kappa shape index (κ2) is 9.49. The van der Waals surface area contributed by atoms with Crippen LogP contribution in [0.15, 0.2) is 53.4 Å². The van der Waals surface area contributed by atoms with Crippen molar-refractivity contribution in [2.24, 2.45) is 0 Å². The van der Waals surface area contributed by atoms with Gasteiger partial charge in [0.1, 0.15) is 17.7 Å². The van der Waals surface area contributed by atoms with Crippen LogP contribution in [0.25, 0.3) is 0 Å². The lowest BCUT2D eigenvalue weighted by atomic mass is 10.0. The summed E-state index contributed by atoms with van der Waals surface area (Å²) in [5, 5.41) is 0. The van der Waals surface area contributed by atoms with Crippen LogP contribution in [-0.4, -0.2) is 45.5 Å². The number of likely N-dealkylation sites (tertiary alicyclic amines) is 1. The molecule has 2 unspecified atom stereocenters. The number of hydrogen-bond donors (Lipinski definition) is 1. The van der Waals surface area contributed by atoms with Gasteiger partial charge in [0.15, 0.2) is 0 Å². The minimum atomic E-state index is -4.89. The molecule has 0 bridgehead atoms. The molecule has 170 valence electrons. The van der Waals surface area contributed by atoms with Crippen molar-refractivity contribution < 1.29 is 35.1 Å². The molecule has 1 aliphatic heterocycles. The largest absolute Gasteiger partial charge is 0.573 e. The summed E-state index contributed by atoms with van der Waals surface area (Å²) < 4.78 is 95.9. The fourth-order valence-electron chi connectivity index (χ4n) is 3.40. The average molecular weight is 464 g/mol. The predicted molar refractivity (Wildman–Crippen MR) is 103 cm³/mol. The number of hydrogen-bond acceptors (Lipinski definition) is 4. The Morgan fingerprint density at radius 1 is 1.10 bits per heavy atom. The molecule has 0 radical (unpaired) electrons. The van der Waals surface area contributed by atoms with E-state index in [1.54, 1.807) is 4.90 Å². The highest BCUT2D eigenvalue weighted by Gasteiger charge is 2.31. The van der Waals surface area contributed by atoms with Gasteiger partial charge in [-0.25, -0.2) is 21.9 Å². The molecular formula is C20H21F5N2O3S. The monoisotopic (exact) mass is 464 g/mol. The molecule has 3 rings (SSSR count). The van der Waals surface area contributed by atoms with Crippen LogP contribution in [0, 0.1) is 5.82 Å². The number of nitrogens with one attached hydrogen (secondary N) is 1. The number of piperidine rings is 1. The SMILES string of the molecule is O=S(=O)(NC(CN1CCCC(F)C1)c1ccc(F)cc1)c1ccc(OC(F)(F)F)cc1. The van der Waals surface area contributed by atoms with Crippen LogP contribution in [0.5, 0.6) is 5.75 Å². The van der Waals surface area contributed by atoms with E-state index in [4.69, 9.17) is 0 Å². The molecule has 2 aromatic rings. The summed E-state index contributed by atoms with van der Waals surface area (Å²) in [5.74, 6) is -1.05. The van der Waals surface area contributed by atoms with Gasteiger partial charge in [-0.2, -0.15) is 0 Å². The number of nitrogens with zero attached hydrogens (tertiary/aromatic N) is 1. The van der Waals surface area contributed by atoms with E-state index in [9.17, 15) is 30.4 Å². The number of halogens is 5. The molecule has 1 N–H and O–H groups in total. The third-order valence-electron chi connectivity index (χ3n) is 4.83. The van der Waals surface area contributed by atoms with E-state index in [0.29, 0.717) is 24.9 Å².